The summed E-state index contributed by atoms with van der Waals surface area (Å²) in [5, 5.41) is 14.8. The summed E-state index contributed by atoms with van der Waals surface area (Å²) in [4.78, 5) is 14.6. The minimum atomic E-state index is -0.906. The Morgan fingerprint density at radius 2 is 1.85 bits per heavy atom. The van der Waals surface area contributed by atoms with Crippen molar-refractivity contribution >= 4 is 11.7 Å². The number of oxime groups is 1. The lowest BCUT2D eigenvalue weighted by molar-refractivity contribution is -0.128. The van der Waals surface area contributed by atoms with Gasteiger partial charge in [-0.25, -0.2) is 0 Å². The first kappa shape index (κ1) is 18.7. The van der Waals surface area contributed by atoms with Crippen molar-refractivity contribution in [1.82, 2.24) is 10.2 Å². The minimum Gasteiger partial charge on any atom is -0.409 e. The molecule has 0 rings (SSSR count). The van der Waals surface area contributed by atoms with Crippen molar-refractivity contribution in [2.24, 2.45) is 16.3 Å². The van der Waals surface area contributed by atoms with E-state index in [9.17, 15) is 4.79 Å². The molecule has 0 atom stereocenters. The highest BCUT2D eigenvalue weighted by atomic mass is 16.4. The third-order valence-corrected chi connectivity index (χ3v) is 3.94. The van der Waals surface area contributed by atoms with Crippen molar-refractivity contribution in [3.8, 4) is 0 Å². The topological polar surface area (TPSA) is 91.0 Å². The lowest BCUT2D eigenvalue weighted by atomic mass is 9.80. The van der Waals surface area contributed by atoms with Crippen LogP contribution in [0.3, 0.4) is 0 Å². The highest BCUT2D eigenvalue weighted by Gasteiger charge is 2.39. The van der Waals surface area contributed by atoms with Gasteiger partial charge in [0.1, 0.15) is 5.41 Å². The van der Waals surface area contributed by atoms with Crippen LogP contribution in [-0.4, -0.2) is 48.0 Å². The zero-order valence-corrected chi connectivity index (χ0v) is 13.3. The van der Waals surface area contributed by atoms with E-state index in [4.69, 9.17) is 10.9 Å². The van der Waals surface area contributed by atoms with Crippen LogP contribution in [0.25, 0.3) is 0 Å². The van der Waals surface area contributed by atoms with Gasteiger partial charge in [-0.1, -0.05) is 32.9 Å². The molecule has 0 bridgehead atoms. The summed E-state index contributed by atoms with van der Waals surface area (Å²) < 4.78 is 0. The Morgan fingerprint density at radius 3 is 2.25 bits per heavy atom. The van der Waals surface area contributed by atoms with Crippen molar-refractivity contribution in [3.63, 3.8) is 0 Å². The van der Waals surface area contributed by atoms with Crippen LogP contribution in [0, 0.1) is 5.41 Å². The Kier molecular flexibility index (Phi) is 8.96. The molecule has 0 aromatic heterocycles. The highest BCUT2D eigenvalue weighted by Crippen LogP contribution is 2.26. The summed E-state index contributed by atoms with van der Waals surface area (Å²) in [5.74, 6) is -0.175. The van der Waals surface area contributed by atoms with Gasteiger partial charge < -0.3 is 21.2 Å². The largest absolute Gasteiger partial charge is 0.409 e. The fourth-order valence-corrected chi connectivity index (χ4v) is 2.39. The highest BCUT2D eigenvalue weighted by molar-refractivity contribution is 6.06. The first-order valence-corrected chi connectivity index (χ1v) is 7.50. The molecule has 0 saturated heterocycles. The second-order valence-corrected chi connectivity index (χ2v) is 4.96. The molecule has 0 radical (unpaired) electrons. The van der Waals surface area contributed by atoms with Crippen LogP contribution in [-0.2, 0) is 4.79 Å². The van der Waals surface area contributed by atoms with Gasteiger partial charge in [0, 0.05) is 13.1 Å². The minimum absolute atomic E-state index is 0.0131. The zero-order chi connectivity index (χ0) is 15.6. The SMILES string of the molecule is CCCN(CC)CCNC(=O)C(CC)(CC)C(N)=NO. The van der Waals surface area contributed by atoms with Crippen LogP contribution < -0.4 is 11.1 Å². The molecule has 0 fully saturated rings. The Labute approximate surface area is 122 Å². The van der Waals surface area contributed by atoms with Crippen LogP contribution in [0.5, 0.6) is 0 Å². The standard InChI is InChI=1S/C14H30N4O2/c1-5-10-18(8-4)11-9-16-13(19)14(6-2,7-3)12(15)17-20/h20H,5-11H2,1-4H3,(H2,15,17)(H,16,19). The third-order valence-electron chi connectivity index (χ3n) is 3.94. The summed E-state index contributed by atoms with van der Waals surface area (Å²) in [6.07, 6.45) is 2.12. The van der Waals surface area contributed by atoms with Crippen molar-refractivity contribution in [1.29, 1.82) is 0 Å². The maximum Gasteiger partial charge on any atom is 0.233 e. The molecule has 0 heterocycles. The van der Waals surface area contributed by atoms with Crippen LogP contribution in [0.15, 0.2) is 5.16 Å². The van der Waals surface area contributed by atoms with Crippen molar-refractivity contribution in [3.05, 3.63) is 0 Å². The molecule has 0 aliphatic heterocycles. The van der Waals surface area contributed by atoms with Crippen LogP contribution in [0.4, 0.5) is 0 Å². The van der Waals surface area contributed by atoms with Gasteiger partial charge in [0.2, 0.25) is 5.91 Å². The quantitative estimate of drug-likeness (QED) is 0.245. The molecule has 0 spiro atoms. The maximum atomic E-state index is 12.4. The van der Waals surface area contributed by atoms with Crippen LogP contribution in [0.2, 0.25) is 0 Å². The molecule has 0 unspecified atom stereocenters. The summed E-state index contributed by atoms with van der Waals surface area (Å²) in [6.45, 7) is 11.4. The lowest BCUT2D eigenvalue weighted by Crippen LogP contribution is -2.50. The van der Waals surface area contributed by atoms with E-state index in [2.05, 4.69) is 29.2 Å². The van der Waals surface area contributed by atoms with Gasteiger partial charge in [0.05, 0.1) is 0 Å². The number of likely N-dealkylation sites (N-methyl/N-ethyl adjacent to an activating group) is 1. The van der Waals surface area contributed by atoms with Crippen molar-refractivity contribution in [2.45, 2.75) is 47.0 Å². The van der Waals surface area contributed by atoms with Crippen LogP contribution >= 0.6 is 0 Å². The van der Waals surface area contributed by atoms with E-state index in [1.54, 1.807) is 0 Å². The second-order valence-electron chi connectivity index (χ2n) is 4.96. The first-order valence-electron chi connectivity index (χ1n) is 7.50. The molecule has 6 nitrogen and oxygen atoms in total. The van der Waals surface area contributed by atoms with Gasteiger partial charge in [-0.2, -0.15) is 0 Å². The van der Waals surface area contributed by atoms with E-state index in [1.165, 1.54) is 0 Å². The number of nitrogens with zero attached hydrogens (tertiary/aromatic N) is 2. The molecule has 0 aromatic rings. The molecule has 0 saturated carbocycles. The van der Waals surface area contributed by atoms with E-state index >= 15 is 0 Å². The van der Waals surface area contributed by atoms with Gasteiger partial charge >= 0.3 is 0 Å². The number of carbonyl (C=O) groups is 1. The number of amidine groups is 1. The summed E-state index contributed by atoms with van der Waals surface area (Å²) in [6, 6.07) is 0. The molecule has 6 heteroatoms. The first-order chi connectivity index (χ1) is 9.52. The molecular formula is C14H30N4O2. The lowest BCUT2D eigenvalue weighted by Gasteiger charge is -2.29. The van der Waals surface area contributed by atoms with Gasteiger partial charge in [0.15, 0.2) is 5.84 Å². The molecule has 20 heavy (non-hydrogen) atoms. The molecule has 4 N–H and O–H groups in total. The zero-order valence-electron chi connectivity index (χ0n) is 13.3. The molecule has 0 aliphatic carbocycles. The van der Waals surface area contributed by atoms with Gasteiger partial charge in [-0.15, -0.1) is 0 Å². The number of hydrogen-bond donors (Lipinski definition) is 3. The maximum absolute atomic E-state index is 12.4. The summed E-state index contributed by atoms with van der Waals surface area (Å²) >= 11 is 0. The van der Waals surface area contributed by atoms with Crippen LogP contribution in [0.1, 0.15) is 47.0 Å². The second kappa shape index (κ2) is 9.58. The normalized spacial score (nSPS) is 12.8. The van der Waals surface area contributed by atoms with E-state index < -0.39 is 5.41 Å². The van der Waals surface area contributed by atoms with E-state index in [-0.39, 0.29) is 11.7 Å². The number of nitrogens with one attached hydrogen (secondary N) is 1. The summed E-state index contributed by atoms with van der Waals surface area (Å²) in [7, 11) is 0. The Balaban J connectivity index is 4.56. The monoisotopic (exact) mass is 286 g/mol. The van der Waals surface area contributed by atoms with Crippen molar-refractivity contribution in [2.75, 3.05) is 26.2 Å². The molecule has 118 valence electrons. The summed E-state index contributed by atoms with van der Waals surface area (Å²) in [5.41, 5.74) is 4.80. The average Bonchev–Trinajstić information content (AvgIpc) is 2.47. The third kappa shape index (κ3) is 4.67. The number of amides is 1. The van der Waals surface area contributed by atoms with Gasteiger partial charge in [-0.05, 0) is 32.4 Å². The fourth-order valence-electron chi connectivity index (χ4n) is 2.39. The van der Waals surface area contributed by atoms with E-state index in [0.717, 1.165) is 26.1 Å². The van der Waals surface area contributed by atoms with E-state index in [1.807, 2.05) is 13.8 Å². The predicted octanol–water partition coefficient (Wildman–Crippen LogP) is 1.39. The molecule has 0 aliphatic rings. The fraction of sp³-hybridized carbons (Fsp3) is 0.857. The smallest absolute Gasteiger partial charge is 0.233 e. The molecule has 0 aromatic carbocycles. The van der Waals surface area contributed by atoms with Gasteiger partial charge in [0.25, 0.3) is 0 Å². The van der Waals surface area contributed by atoms with Gasteiger partial charge in [-0.3, -0.25) is 4.79 Å². The predicted molar refractivity (Wildman–Crippen MR) is 81.8 cm³/mol. The Hall–Kier alpha value is -1.30. The average molecular weight is 286 g/mol. The Morgan fingerprint density at radius 1 is 1.25 bits per heavy atom. The Bertz CT molecular complexity index is 314. The molecule has 1 amide bonds. The number of carbonyl (C=O) groups excluding carboxylic acids is 1. The van der Waals surface area contributed by atoms with E-state index in [0.29, 0.717) is 19.4 Å². The number of nitrogens with two attached hydrogens (primary N) is 1. The molecular weight excluding hydrogens is 256 g/mol. The number of rotatable bonds is 10. The number of hydrogen-bond acceptors (Lipinski definition) is 4. The van der Waals surface area contributed by atoms with Crippen molar-refractivity contribution < 1.29 is 10.0 Å².